The van der Waals surface area contributed by atoms with E-state index >= 15 is 0 Å². The molecule has 0 unspecified atom stereocenters. The number of ketones is 1. The molecule has 0 saturated carbocycles. The van der Waals surface area contributed by atoms with Gasteiger partial charge in [0.05, 0.1) is 11.3 Å². The first-order valence-electron chi connectivity index (χ1n) is 7.34. The smallest absolute Gasteiger partial charge is 0.163 e. The predicted octanol–water partition coefficient (Wildman–Crippen LogP) is 4.55. The average Bonchev–Trinajstić information content (AvgIpc) is 2.75. The second-order valence-corrected chi connectivity index (χ2v) is 6.26. The highest BCUT2D eigenvalue weighted by Gasteiger charge is 2.18. The fourth-order valence-electron chi connectivity index (χ4n) is 2.51. The summed E-state index contributed by atoms with van der Waals surface area (Å²) in [7, 11) is 0. The van der Waals surface area contributed by atoms with Crippen molar-refractivity contribution in [3.8, 4) is 0 Å². The number of rotatable bonds is 6. The van der Waals surface area contributed by atoms with Gasteiger partial charge < -0.3 is 0 Å². The molecule has 0 saturated heterocycles. The van der Waals surface area contributed by atoms with Gasteiger partial charge in [-0.1, -0.05) is 41.4 Å². The fourth-order valence-corrected chi connectivity index (χ4v) is 2.78. The van der Waals surface area contributed by atoms with E-state index in [4.69, 9.17) is 0 Å². The van der Waals surface area contributed by atoms with Gasteiger partial charge in [-0.2, -0.15) is 5.10 Å². The van der Waals surface area contributed by atoms with Crippen molar-refractivity contribution < 1.29 is 4.79 Å². The van der Waals surface area contributed by atoms with E-state index in [0.717, 1.165) is 40.8 Å². The van der Waals surface area contributed by atoms with Crippen molar-refractivity contribution in [3.63, 3.8) is 0 Å². The van der Waals surface area contributed by atoms with Gasteiger partial charge in [0.15, 0.2) is 5.78 Å². The number of benzene rings is 1. The molecular formula is C17H21BrN2O. The highest BCUT2D eigenvalue weighted by Crippen LogP contribution is 2.20. The molecule has 0 bridgehead atoms. The Bertz CT molecular complexity index is 629. The lowest BCUT2D eigenvalue weighted by Crippen LogP contribution is -2.03. The molecule has 0 aliphatic rings. The van der Waals surface area contributed by atoms with Crippen molar-refractivity contribution in [2.24, 2.45) is 0 Å². The number of unbranched alkanes of at least 4 members (excludes halogenated alkanes) is 1. The van der Waals surface area contributed by atoms with Crippen molar-refractivity contribution in [2.45, 2.75) is 46.6 Å². The van der Waals surface area contributed by atoms with E-state index in [2.05, 4.69) is 40.1 Å². The molecule has 1 aromatic carbocycles. The summed E-state index contributed by atoms with van der Waals surface area (Å²) in [5.41, 5.74) is 3.83. The van der Waals surface area contributed by atoms with E-state index in [-0.39, 0.29) is 5.78 Å². The molecule has 2 rings (SSSR count). The number of halogens is 1. The van der Waals surface area contributed by atoms with Gasteiger partial charge in [-0.05, 0) is 38.0 Å². The van der Waals surface area contributed by atoms with Crippen LogP contribution in [0.2, 0.25) is 0 Å². The zero-order chi connectivity index (χ0) is 15.4. The quantitative estimate of drug-likeness (QED) is 0.717. The van der Waals surface area contributed by atoms with E-state index < -0.39 is 0 Å². The van der Waals surface area contributed by atoms with Crippen LogP contribution in [0.25, 0.3) is 0 Å². The lowest BCUT2D eigenvalue weighted by Gasteiger charge is -2.02. The van der Waals surface area contributed by atoms with Crippen LogP contribution < -0.4 is 0 Å². The van der Waals surface area contributed by atoms with Crippen LogP contribution in [0.3, 0.4) is 0 Å². The third kappa shape index (κ3) is 3.82. The van der Waals surface area contributed by atoms with Crippen LogP contribution in [-0.4, -0.2) is 15.6 Å². The van der Waals surface area contributed by atoms with Crippen LogP contribution in [0.1, 0.15) is 54.0 Å². The molecule has 0 amide bonds. The highest BCUT2D eigenvalue weighted by atomic mass is 79.9. The highest BCUT2D eigenvalue weighted by molar-refractivity contribution is 9.10. The summed E-state index contributed by atoms with van der Waals surface area (Å²) in [5.74, 6) is 0.0994. The Balaban J connectivity index is 2.32. The number of aromatic nitrogens is 2. The second-order valence-electron chi connectivity index (χ2n) is 5.34. The van der Waals surface area contributed by atoms with Crippen LogP contribution in [0.5, 0.6) is 0 Å². The minimum atomic E-state index is 0.0994. The summed E-state index contributed by atoms with van der Waals surface area (Å²) in [4.78, 5) is 12.0. The molecule has 2 aromatic rings. The van der Waals surface area contributed by atoms with E-state index in [9.17, 15) is 4.79 Å². The van der Waals surface area contributed by atoms with Crippen LogP contribution >= 0.6 is 15.9 Å². The Labute approximate surface area is 134 Å². The first kappa shape index (κ1) is 16.0. The van der Waals surface area contributed by atoms with Gasteiger partial charge >= 0.3 is 0 Å². The maximum atomic E-state index is 12.0. The Morgan fingerprint density at radius 1 is 1.29 bits per heavy atom. The molecular weight excluding hydrogens is 328 g/mol. The van der Waals surface area contributed by atoms with Gasteiger partial charge in [0, 0.05) is 23.1 Å². The number of hydrogen-bond donors (Lipinski definition) is 0. The van der Waals surface area contributed by atoms with Crippen molar-refractivity contribution in [1.29, 1.82) is 0 Å². The summed E-state index contributed by atoms with van der Waals surface area (Å²) in [6, 6.07) is 8.16. The van der Waals surface area contributed by atoms with Gasteiger partial charge in [0.2, 0.25) is 0 Å². The summed E-state index contributed by atoms with van der Waals surface area (Å²) < 4.78 is 3.04. The van der Waals surface area contributed by atoms with E-state index in [1.54, 1.807) is 6.92 Å². The topological polar surface area (TPSA) is 34.9 Å². The molecule has 3 nitrogen and oxygen atoms in total. The summed E-state index contributed by atoms with van der Waals surface area (Å²) in [5, 5.41) is 4.67. The molecule has 112 valence electrons. The Morgan fingerprint density at radius 2 is 1.95 bits per heavy atom. The lowest BCUT2D eigenvalue weighted by molar-refractivity contribution is 0.101. The Morgan fingerprint density at radius 3 is 2.52 bits per heavy atom. The standard InChI is InChI=1S/C17H21BrN2O/c1-4-5-10-20-12(2)17(13(3)21)16(19-20)11-14-6-8-15(18)9-7-14/h6-9H,4-5,10-11H2,1-3H3. The average molecular weight is 349 g/mol. The molecule has 0 atom stereocenters. The largest absolute Gasteiger partial charge is 0.294 e. The number of hydrogen-bond acceptors (Lipinski definition) is 2. The van der Waals surface area contributed by atoms with Gasteiger partial charge in [-0.15, -0.1) is 0 Å². The first-order valence-corrected chi connectivity index (χ1v) is 8.14. The minimum Gasteiger partial charge on any atom is -0.294 e. The Hall–Kier alpha value is -1.42. The molecule has 0 spiro atoms. The van der Waals surface area contributed by atoms with Crippen LogP contribution in [0.15, 0.2) is 28.7 Å². The van der Waals surface area contributed by atoms with Crippen LogP contribution in [-0.2, 0) is 13.0 Å². The predicted molar refractivity (Wildman–Crippen MR) is 88.8 cm³/mol. The third-order valence-electron chi connectivity index (χ3n) is 3.64. The maximum absolute atomic E-state index is 12.0. The molecule has 0 aliphatic carbocycles. The first-order chi connectivity index (χ1) is 10.0. The van der Waals surface area contributed by atoms with Gasteiger partial charge in [-0.25, -0.2) is 0 Å². The number of carbonyl (C=O) groups excluding carboxylic acids is 1. The van der Waals surface area contributed by atoms with E-state index in [1.807, 2.05) is 23.7 Å². The molecule has 0 N–H and O–H groups in total. The monoisotopic (exact) mass is 348 g/mol. The molecule has 0 aliphatic heterocycles. The molecule has 0 fully saturated rings. The Kier molecular flexibility index (Phi) is 5.34. The van der Waals surface area contributed by atoms with Crippen molar-refractivity contribution in [2.75, 3.05) is 0 Å². The normalized spacial score (nSPS) is 10.9. The zero-order valence-corrected chi connectivity index (χ0v) is 14.4. The molecule has 1 heterocycles. The van der Waals surface area contributed by atoms with Gasteiger partial charge in [0.25, 0.3) is 0 Å². The van der Waals surface area contributed by atoms with E-state index in [1.165, 1.54) is 5.56 Å². The van der Waals surface area contributed by atoms with E-state index in [0.29, 0.717) is 6.42 Å². The summed E-state index contributed by atoms with van der Waals surface area (Å²) >= 11 is 3.44. The number of carbonyl (C=O) groups is 1. The van der Waals surface area contributed by atoms with Crippen molar-refractivity contribution in [1.82, 2.24) is 9.78 Å². The second kappa shape index (κ2) is 7.03. The number of Topliss-reactive ketones (excluding diaryl/α,β-unsaturated/α-hetero) is 1. The van der Waals surface area contributed by atoms with Gasteiger partial charge in [0.1, 0.15) is 0 Å². The van der Waals surface area contributed by atoms with Crippen LogP contribution in [0.4, 0.5) is 0 Å². The summed E-state index contributed by atoms with van der Waals surface area (Å²) in [6.45, 7) is 6.65. The SMILES string of the molecule is CCCCn1nc(Cc2ccc(Br)cc2)c(C(C)=O)c1C. The van der Waals surface area contributed by atoms with Crippen molar-refractivity contribution in [3.05, 3.63) is 51.3 Å². The van der Waals surface area contributed by atoms with Crippen LogP contribution in [0, 0.1) is 6.92 Å². The molecule has 21 heavy (non-hydrogen) atoms. The number of aryl methyl sites for hydroxylation is 1. The van der Waals surface area contributed by atoms with Crippen molar-refractivity contribution >= 4 is 21.7 Å². The zero-order valence-electron chi connectivity index (χ0n) is 12.8. The third-order valence-corrected chi connectivity index (χ3v) is 4.17. The summed E-state index contributed by atoms with van der Waals surface area (Å²) in [6.07, 6.45) is 2.90. The lowest BCUT2D eigenvalue weighted by atomic mass is 10.0. The number of nitrogens with zero attached hydrogens (tertiary/aromatic N) is 2. The molecule has 4 heteroatoms. The minimum absolute atomic E-state index is 0.0994. The molecule has 0 radical (unpaired) electrons. The van der Waals surface area contributed by atoms with Gasteiger partial charge in [-0.3, -0.25) is 9.48 Å². The fraction of sp³-hybridized carbons (Fsp3) is 0.412. The maximum Gasteiger partial charge on any atom is 0.163 e. The molecule has 1 aromatic heterocycles.